The second-order valence-corrected chi connectivity index (χ2v) is 3.88. The van der Waals surface area contributed by atoms with Gasteiger partial charge in [0.25, 0.3) is 5.91 Å². The molecule has 0 aliphatic rings. The molecule has 0 aliphatic heterocycles. The number of benzene rings is 1. The van der Waals surface area contributed by atoms with Gasteiger partial charge >= 0.3 is 0 Å². The van der Waals surface area contributed by atoms with E-state index in [0.717, 1.165) is 17.6 Å². The first-order valence-corrected chi connectivity index (χ1v) is 5.46. The van der Waals surface area contributed by atoms with Crippen LogP contribution in [-0.4, -0.2) is 12.5 Å². The quantitative estimate of drug-likeness (QED) is 0.341. The van der Waals surface area contributed by atoms with E-state index in [-0.39, 0.29) is 5.91 Å². The first-order chi connectivity index (χ1) is 8.15. The largest absolute Gasteiger partial charge is 0.363 e. The topological polar surface area (TPSA) is 64.3 Å². The zero-order valence-corrected chi connectivity index (χ0v) is 9.98. The van der Waals surface area contributed by atoms with E-state index in [1.54, 1.807) is 0 Å². The van der Waals surface area contributed by atoms with E-state index in [9.17, 15) is 4.79 Å². The summed E-state index contributed by atoms with van der Waals surface area (Å²) in [4.78, 5) is 11.6. The second kappa shape index (κ2) is 6.83. The van der Waals surface area contributed by atoms with Gasteiger partial charge in [-0.3, -0.25) is 10.2 Å². The molecule has 0 spiro atoms. The van der Waals surface area contributed by atoms with Gasteiger partial charge in [-0.25, -0.2) is 5.84 Å². The van der Waals surface area contributed by atoms with Crippen LogP contribution in [0.15, 0.2) is 42.5 Å². The molecule has 0 aliphatic carbocycles. The number of nitrogens with two attached hydrogens (primary N) is 1. The number of carbonyl (C=O) groups is 1. The summed E-state index contributed by atoms with van der Waals surface area (Å²) < 4.78 is 5.54. The molecule has 1 atom stereocenters. The van der Waals surface area contributed by atoms with E-state index in [2.05, 4.69) is 12.0 Å². The molecule has 4 nitrogen and oxygen atoms in total. The molecule has 1 aromatic carbocycles. The fourth-order valence-electron chi connectivity index (χ4n) is 1.38. The lowest BCUT2D eigenvalue weighted by atomic mass is 10.1. The van der Waals surface area contributed by atoms with E-state index in [1.165, 1.54) is 0 Å². The molecule has 0 saturated heterocycles. The van der Waals surface area contributed by atoms with E-state index < -0.39 is 6.10 Å². The molecule has 0 radical (unpaired) electrons. The maximum atomic E-state index is 11.6. The van der Waals surface area contributed by atoms with Crippen LogP contribution in [0, 0.1) is 0 Å². The fourth-order valence-corrected chi connectivity index (χ4v) is 1.38. The number of nitrogens with one attached hydrogen (secondary N) is 1. The number of hydrogen-bond donors (Lipinski definition) is 2. The molecule has 92 valence electrons. The van der Waals surface area contributed by atoms with Crippen molar-refractivity contribution in [3.05, 3.63) is 48.0 Å². The molecule has 0 saturated carbocycles. The highest BCUT2D eigenvalue weighted by Gasteiger charge is 2.19. The molecule has 1 aromatic rings. The summed E-state index contributed by atoms with van der Waals surface area (Å²) in [6.45, 7) is 6.15. The van der Waals surface area contributed by atoms with E-state index in [1.807, 2.05) is 37.3 Å². The van der Waals surface area contributed by atoms with Crippen molar-refractivity contribution in [2.45, 2.75) is 19.4 Å². The van der Waals surface area contributed by atoms with E-state index in [4.69, 9.17) is 10.6 Å². The Morgan fingerprint density at radius 2 is 2.12 bits per heavy atom. The summed E-state index contributed by atoms with van der Waals surface area (Å²) >= 11 is 0. The van der Waals surface area contributed by atoms with Crippen LogP contribution in [0.5, 0.6) is 0 Å². The van der Waals surface area contributed by atoms with Crippen molar-refractivity contribution in [1.29, 1.82) is 0 Å². The minimum Gasteiger partial charge on any atom is -0.363 e. The minimum atomic E-state index is -0.666. The Morgan fingerprint density at radius 1 is 1.47 bits per heavy atom. The Hall–Kier alpha value is -1.65. The molecule has 0 aromatic heterocycles. The molecule has 1 rings (SSSR count). The Labute approximate surface area is 101 Å². The molecule has 3 N–H and O–H groups in total. The van der Waals surface area contributed by atoms with Crippen molar-refractivity contribution < 1.29 is 9.53 Å². The van der Waals surface area contributed by atoms with Crippen LogP contribution in [0.4, 0.5) is 0 Å². The fraction of sp³-hybridized carbons (Fsp3) is 0.308. The van der Waals surface area contributed by atoms with Crippen LogP contribution in [0.3, 0.4) is 0 Å². The average Bonchev–Trinajstić information content (AvgIpc) is 2.34. The van der Waals surface area contributed by atoms with Gasteiger partial charge in [0, 0.05) is 0 Å². The van der Waals surface area contributed by atoms with Gasteiger partial charge in [-0.1, -0.05) is 35.9 Å². The van der Waals surface area contributed by atoms with Gasteiger partial charge in [0.15, 0.2) is 6.10 Å². The van der Waals surface area contributed by atoms with E-state index in [0.29, 0.717) is 6.61 Å². The standard InChI is InChI=1S/C13H18N2O2/c1-10(2)8-9-17-12(13(16)15-14)11-6-4-3-5-7-11/h3-7,12H,1,8-9,14H2,2H3,(H,15,16). The summed E-state index contributed by atoms with van der Waals surface area (Å²) in [5, 5.41) is 0. The number of amides is 1. The van der Waals surface area contributed by atoms with Crippen LogP contribution in [-0.2, 0) is 9.53 Å². The van der Waals surface area contributed by atoms with Crippen molar-refractivity contribution in [1.82, 2.24) is 5.43 Å². The summed E-state index contributed by atoms with van der Waals surface area (Å²) in [6.07, 6.45) is 0.0572. The third-order valence-corrected chi connectivity index (χ3v) is 2.30. The van der Waals surface area contributed by atoms with Gasteiger partial charge in [-0.15, -0.1) is 6.58 Å². The van der Waals surface area contributed by atoms with Crippen molar-refractivity contribution >= 4 is 5.91 Å². The lowest BCUT2D eigenvalue weighted by Gasteiger charge is -2.16. The Kier molecular flexibility index (Phi) is 5.39. The Morgan fingerprint density at radius 3 is 2.65 bits per heavy atom. The molecule has 0 heterocycles. The number of hydrogen-bond acceptors (Lipinski definition) is 3. The van der Waals surface area contributed by atoms with Crippen LogP contribution in [0.2, 0.25) is 0 Å². The minimum absolute atomic E-state index is 0.349. The third-order valence-electron chi connectivity index (χ3n) is 2.30. The molecular weight excluding hydrogens is 216 g/mol. The molecule has 1 amide bonds. The SMILES string of the molecule is C=C(C)CCOC(C(=O)NN)c1ccccc1. The van der Waals surface area contributed by atoms with Crippen LogP contribution >= 0.6 is 0 Å². The summed E-state index contributed by atoms with van der Waals surface area (Å²) in [5.41, 5.74) is 3.92. The summed E-state index contributed by atoms with van der Waals surface area (Å²) in [5.74, 6) is 4.80. The molecule has 17 heavy (non-hydrogen) atoms. The van der Waals surface area contributed by atoms with Crippen LogP contribution < -0.4 is 11.3 Å². The maximum absolute atomic E-state index is 11.6. The zero-order valence-electron chi connectivity index (χ0n) is 9.98. The third kappa shape index (κ3) is 4.38. The normalized spacial score (nSPS) is 11.9. The van der Waals surface area contributed by atoms with Crippen molar-refractivity contribution in [2.24, 2.45) is 5.84 Å². The first kappa shape index (κ1) is 13.4. The Balaban J connectivity index is 2.68. The lowest BCUT2D eigenvalue weighted by molar-refractivity contribution is -0.133. The number of ether oxygens (including phenoxy) is 1. The monoisotopic (exact) mass is 234 g/mol. The van der Waals surface area contributed by atoms with Crippen molar-refractivity contribution in [3.63, 3.8) is 0 Å². The van der Waals surface area contributed by atoms with Gasteiger partial charge in [-0.05, 0) is 18.9 Å². The van der Waals surface area contributed by atoms with Gasteiger partial charge in [0.1, 0.15) is 0 Å². The van der Waals surface area contributed by atoms with Gasteiger partial charge < -0.3 is 4.74 Å². The van der Waals surface area contributed by atoms with Gasteiger partial charge in [0.2, 0.25) is 0 Å². The van der Waals surface area contributed by atoms with Crippen molar-refractivity contribution in [3.8, 4) is 0 Å². The highest BCUT2D eigenvalue weighted by Crippen LogP contribution is 2.17. The second-order valence-electron chi connectivity index (χ2n) is 3.88. The molecular formula is C13H18N2O2. The molecule has 4 heteroatoms. The molecule has 0 bridgehead atoms. The predicted molar refractivity (Wildman–Crippen MR) is 66.9 cm³/mol. The average molecular weight is 234 g/mol. The van der Waals surface area contributed by atoms with Gasteiger partial charge in [-0.2, -0.15) is 0 Å². The van der Waals surface area contributed by atoms with Crippen LogP contribution in [0.1, 0.15) is 25.0 Å². The highest BCUT2D eigenvalue weighted by atomic mass is 16.5. The maximum Gasteiger partial charge on any atom is 0.267 e. The predicted octanol–water partition coefficient (Wildman–Crippen LogP) is 1.70. The summed E-state index contributed by atoms with van der Waals surface area (Å²) in [6, 6.07) is 9.26. The molecule has 1 unspecified atom stereocenters. The first-order valence-electron chi connectivity index (χ1n) is 5.46. The van der Waals surface area contributed by atoms with Crippen LogP contribution in [0.25, 0.3) is 0 Å². The zero-order chi connectivity index (χ0) is 12.7. The van der Waals surface area contributed by atoms with E-state index >= 15 is 0 Å². The lowest BCUT2D eigenvalue weighted by Crippen LogP contribution is -2.36. The number of carbonyl (C=O) groups excluding carboxylic acids is 1. The van der Waals surface area contributed by atoms with Crippen molar-refractivity contribution in [2.75, 3.05) is 6.61 Å². The number of rotatable bonds is 6. The number of hydrazine groups is 1. The Bertz CT molecular complexity index is 376. The highest BCUT2D eigenvalue weighted by molar-refractivity contribution is 5.81. The summed E-state index contributed by atoms with van der Waals surface area (Å²) in [7, 11) is 0. The van der Waals surface area contributed by atoms with Gasteiger partial charge in [0.05, 0.1) is 6.61 Å². The molecule has 0 fully saturated rings. The smallest absolute Gasteiger partial charge is 0.267 e.